The number of benzene rings is 4. The molecule has 2 heterocycles. The predicted molar refractivity (Wildman–Crippen MR) is 198 cm³/mol. The molecule has 0 amide bonds. The maximum Gasteiger partial charge on any atom is 0.197 e. The van der Waals surface area contributed by atoms with E-state index in [4.69, 9.17) is 27.8 Å². The van der Waals surface area contributed by atoms with E-state index in [1.165, 1.54) is 43.7 Å². The Balaban J connectivity index is 1.02. The van der Waals surface area contributed by atoms with E-state index in [1.54, 1.807) is 20.3 Å². The van der Waals surface area contributed by atoms with E-state index in [2.05, 4.69) is 12.1 Å². The van der Waals surface area contributed by atoms with Crippen LogP contribution in [0.3, 0.4) is 0 Å². The van der Waals surface area contributed by atoms with Crippen LogP contribution in [0.1, 0.15) is 68.3 Å². The first kappa shape index (κ1) is 34.8. The Bertz CT molecular complexity index is 2010. The fourth-order valence-corrected chi connectivity index (χ4v) is 6.28. The minimum absolute atomic E-state index is 0.180. The number of hydrogen-bond donors (Lipinski definition) is 0. The summed E-state index contributed by atoms with van der Waals surface area (Å²) in [7, 11) is 3.21. The molecule has 7 heteroatoms. The maximum atomic E-state index is 13.6. The molecular formula is C43H46O7. The van der Waals surface area contributed by atoms with Gasteiger partial charge in [0.1, 0.15) is 34.8 Å². The molecular weight excluding hydrogens is 628 g/mol. The van der Waals surface area contributed by atoms with Gasteiger partial charge in [-0.3, -0.25) is 4.79 Å². The first-order valence-corrected chi connectivity index (χ1v) is 17.7. The maximum absolute atomic E-state index is 13.6. The lowest BCUT2D eigenvalue weighted by molar-refractivity contribution is 0.116. The lowest BCUT2D eigenvalue weighted by atomic mass is 10.1. The number of furan rings is 1. The zero-order valence-electron chi connectivity index (χ0n) is 29.1. The molecule has 50 heavy (non-hydrogen) atoms. The highest BCUT2D eigenvalue weighted by Gasteiger charge is 2.19. The van der Waals surface area contributed by atoms with Crippen LogP contribution >= 0.6 is 0 Å². The van der Waals surface area contributed by atoms with Crippen molar-refractivity contribution in [2.75, 3.05) is 20.8 Å². The van der Waals surface area contributed by atoms with Crippen LogP contribution in [0, 0.1) is 0 Å². The molecule has 0 aliphatic rings. The van der Waals surface area contributed by atoms with Crippen molar-refractivity contribution < 1.29 is 27.8 Å². The number of aryl methyl sites for hydroxylation is 1. The van der Waals surface area contributed by atoms with Crippen molar-refractivity contribution in [2.45, 2.75) is 71.0 Å². The van der Waals surface area contributed by atoms with Gasteiger partial charge in [0.15, 0.2) is 22.5 Å². The Morgan fingerprint density at radius 2 is 1.26 bits per heavy atom. The molecule has 0 spiro atoms. The van der Waals surface area contributed by atoms with E-state index in [0.29, 0.717) is 58.3 Å². The third kappa shape index (κ3) is 8.96. The monoisotopic (exact) mass is 674 g/mol. The summed E-state index contributed by atoms with van der Waals surface area (Å²) in [5.41, 5.74) is 3.71. The number of fused-ring (bicyclic) bond motifs is 3. The summed E-state index contributed by atoms with van der Waals surface area (Å²) < 4.78 is 35.7. The molecule has 0 atom stereocenters. The van der Waals surface area contributed by atoms with Crippen LogP contribution in [0.15, 0.2) is 111 Å². The lowest BCUT2D eigenvalue weighted by Gasteiger charge is -2.12. The van der Waals surface area contributed by atoms with Crippen molar-refractivity contribution in [3.05, 3.63) is 124 Å². The van der Waals surface area contributed by atoms with Crippen molar-refractivity contribution >= 4 is 21.9 Å². The Morgan fingerprint density at radius 3 is 1.96 bits per heavy atom. The topological polar surface area (TPSA) is 80.3 Å². The molecule has 0 N–H and O–H groups in total. The molecule has 7 nitrogen and oxygen atoms in total. The van der Waals surface area contributed by atoms with Crippen molar-refractivity contribution in [3.63, 3.8) is 0 Å². The zero-order chi connectivity index (χ0) is 34.5. The van der Waals surface area contributed by atoms with Gasteiger partial charge in [-0.05, 0) is 48.2 Å². The largest absolute Gasteiger partial charge is 0.496 e. The van der Waals surface area contributed by atoms with Gasteiger partial charge in [-0.15, -0.1) is 0 Å². The van der Waals surface area contributed by atoms with Crippen molar-refractivity contribution in [3.8, 4) is 28.6 Å². The van der Waals surface area contributed by atoms with Crippen molar-refractivity contribution in [1.29, 1.82) is 0 Å². The molecule has 6 aromatic rings. The van der Waals surface area contributed by atoms with Gasteiger partial charge < -0.3 is 27.8 Å². The average Bonchev–Trinajstić information content (AvgIpc) is 3.58. The van der Waals surface area contributed by atoms with Crippen molar-refractivity contribution in [1.82, 2.24) is 0 Å². The summed E-state index contributed by atoms with van der Waals surface area (Å²) in [6.07, 6.45) is 10.2. The molecule has 6 rings (SSSR count). The van der Waals surface area contributed by atoms with Gasteiger partial charge in [0.25, 0.3) is 0 Å². The highest BCUT2D eigenvalue weighted by molar-refractivity contribution is 6.05. The van der Waals surface area contributed by atoms with Crippen LogP contribution < -0.4 is 19.6 Å². The van der Waals surface area contributed by atoms with Crippen LogP contribution in [0.2, 0.25) is 0 Å². The summed E-state index contributed by atoms with van der Waals surface area (Å²) in [6, 6.07) is 31.0. The number of hydrogen-bond acceptors (Lipinski definition) is 7. The first-order valence-electron chi connectivity index (χ1n) is 17.7. The van der Waals surface area contributed by atoms with E-state index in [-0.39, 0.29) is 5.43 Å². The average molecular weight is 675 g/mol. The Labute approximate surface area is 293 Å². The number of methoxy groups -OCH3 is 2. The van der Waals surface area contributed by atoms with Gasteiger partial charge in [-0.1, -0.05) is 99.2 Å². The molecule has 0 unspecified atom stereocenters. The number of unbranched alkanes of at least 4 members (excludes halogenated alkanes) is 7. The van der Waals surface area contributed by atoms with Gasteiger partial charge in [0, 0.05) is 30.7 Å². The molecule has 0 saturated carbocycles. The van der Waals surface area contributed by atoms with Gasteiger partial charge >= 0.3 is 0 Å². The van der Waals surface area contributed by atoms with E-state index < -0.39 is 0 Å². The summed E-state index contributed by atoms with van der Waals surface area (Å²) in [5, 5.41) is 1.19. The highest BCUT2D eigenvalue weighted by Crippen LogP contribution is 2.38. The first-order chi connectivity index (χ1) is 24.6. The SMILES string of the molecule is COc1cc(-c2cc(=O)c3c(cc(OC)c4cc(CCCCCCCCCCOCc5ccccc5)oc43)o2)ccc1OCc1ccccc1. The van der Waals surface area contributed by atoms with Gasteiger partial charge in [0.05, 0.1) is 26.2 Å². The summed E-state index contributed by atoms with van der Waals surface area (Å²) in [6.45, 7) is 1.93. The Kier molecular flexibility index (Phi) is 12.3. The van der Waals surface area contributed by atoms with Crippen molar-refractivity contribution in [2.24, 2.45) is 0 Å². The normalized spacial score (nSPS) is 11.3. The quantitative estimate of drug-likeness (QED) is 0.0791. The molecule has 0 fully saturated rings. The highest BCUT2D eigenvalue weighted by atomic mass is 16.5. The summed E-state index contributed by atoms with van der Waals surface area (Å²) in [4.78, 5) is 13.6. The van der Waals surface area contributed by atoms with E-state index in [9.17, 15) is 4.79 Å². The lowest BCUT2D eigenvalue weighted by Crippen LogP contribution is -2.02. The minimum Gasteiger partial charge on any atom is -0.496 e. The third-order valence-corrected chi connectivity index (χ3v) is 8.99. The zero-order valence-corrected chi connectivity index (χ0v) is 29.1. The molecule has 4 aromatic carbocycles. The van der Waals surface area contributed by atoms with Gasteiger partial charge in [-0.25, -0.2) is 0 Å². The predicted octanol–water partition coefficient (Wildman–Crippen LogP) is 10.7. The van der Waals surface area contributed by atoms with Crippen LogP contribution in [-0.4, -0.2) is 20.8 Å². The fourth-order valence-electron chi connectivity index (χ4n) is 6.28. The third-order valence-electron chi connectivity index (χ3n) is 8.99. The summed E-state index contributed by atoms with van der Waals surface area (Å²) in [5.74, 6) is 3.02. The Morgan fingerprint density at radius 1 is 0.600 bits per heavy atom. The molecule has 0 aliphatic carbocycles. The van der Waals surface area contributed by atoms with Gasteiger partial charge in [-0.2, -0.15) is 0 Å². The van der Waals surface area contributed by atoms with Gasteiger partial charge in [0.2, 0.25) is 0 Å². The summed E-state index contributed by atoms with van der Waals surface area (Å²) >= 11 is 0. The number of ether oxygens (including phenoxy) is 4. The van der Waals surface area contributed by atoms with Crippen LogP contribution in [0.25, 0.3) is 33.3 Å². The van der Waals surface area contributed by atoms with Crippen LogP contribution in [0.4, 0.5) is 0 Å². The molecule has 0 radical (unpaired) electrons. The molecule has 0 aliphatic heterocycles. The van der Waals surface area contributed by atoms with E-state index in [1.807, 2.05) is 72.8 Å². The second kappa shape index (κ2) is 17.6. The number of rotatable bonds is 19. The molecule has 260 valence electrons. The smallest absolute Gasteiger partial charge is 0.197 e. The molecule has 0 bridgehead atoms. The van der Waals surface area contributed by atoms with E-state index in [0.717, 1.165) is 49.0 Å². The van der Waals surface area contributed by atoms with Crippen LogP contribution in [0.5, 0.6) is 17.2 Å². The fraction of sp³-hybridized carbons (Fsp3) is 0.326. The standard InChI is InChI=1S/C43H46O7/c1-45-39-28-41-42(36(44)27-38(50-41)33-22-23-37(40(25-33)46-2)48-30-32-19-13-10-14-20-32)43-35(39)26-34(49-43)21-15-7-5-3-4-6-8-16-24-47-29-31-17-11-9-12-18-31/h9-14,17-20,22-23,25-28H,3-8,15-16,21,24,29-30H2,1-2H3. The van der Waals surface area contributed by atoms with Crippen LogP contribution in [-0.2, 0) is 24.4 Å². The molecule has 0 saturated heterocycles. The second-order valence-electron chi connectivity index (χ2n) is 12.6. The Hall–Kier alpha value is -5.01. The second-order valence-corrected chi connectivity index (χ2v) is 12.6. The minimum atomic E-state index is -0.180. The molecule has 2 aromatic heterocycles. The van der Waals surface area contributed by atoms with E-state index >= 15 is 0 Å².